The Labute approximate surface area is 128 Å². The van der Waals surface area contributed by atoms with Crippen LogP contribution in [0.2, 0.25) is 5.02 Å². The second kappa shape index (κ2) is 6.05. The fourth-order valence-corrected chi connectivity index (χ4v) is 2.32. The van der Waals surface area contributed by atoms with E-state index >= 15 is 0 Å². The number of rotatable bonds is 4. The molecule has 4 N–H and O–H groups in total. The molecule has 0 spiro atoms. The first-order valence-electron chi connectivity index (χ1n) is 6.55. The summed E-state index contributed by atoms with van der Waals surface area (Å²) >= 11 is 6.17. The lowest BCUT2D eigenvalue weighted by Gasteiger charge is -2.15. The highest BCUT2D eigenvalue weighted by atomic mass is 35.5. The average molecular weight is 308 g/mol. The number of anilines is 3. The van der Waals surface area contributed by atoms with Gasteiger partial charge >= 0.3 is 0 Å². The Morgan fingerprint density at radius 3 is 2.71 bits per heavy atom. The van der Waals surface area contributed by atoms with Gasteiger partial charge < -0.3 is 16.0 Å². The van der Waals surface area contributed by atoms with Gasteiger partial charge in [-0.25, -0.2) is 0 Å². The summed E-state index contributed by atoms with van der Waals surface area (Å²) in [5, 5.41) is 10.0. The van der Waals surface area contributed by atoms with Gasteiger partial charge in [0.1, 0.15) is 0 Å². The molecule has 1 amide bonds. The minimum absolute atomic E-state index is 0.194. The first-order chi connectivity index (χ1) is 9.93. The third kappa shape index (κ3) is 3.11. The van der Waals surface area contributed by atoms with Crippen LogP contribution < -0.4 is 16.0 Å². The van der Waals surface area contributed by atoms with Gasteiger partial charge in [-0.15, -0.1) is 0 Å². The number of hydrogen-bond donors (Lipinski definition) is 3. The minimum Gasteiger partial charge on any atom is -0.395 e. The number of benzene rings is 1. The highest BCUT2D eigenvalue weighted by Crippen LogP contribution is 2.27. The number of aromatic amines is 1. The van der Waals surface area contributed by atoms with E-state index in [4.69, 9.17) is 17.3 Å². The largest absolute Gasteiger partial charge is 0.395 e. The summed E-state index contributed by atoms with van der Waals surface area (Å²) in [4.78, 5) is 14.1. The van der Waals surface area contributed by atoms with Crippen molar-refractivity contribution in [2.24, 2.45) is 0 Å². The van der Waals surface area contributed by atoms with Crippen LogP contribution in [0, 0.1) is 0 Å². The van der Waals surface area contributed by atoms with E-state index in [2.05, 4.69) is 15.5 Å². The number of hydrogen-bond acceptors (Lipinski definition) is 4. The second-order valence-electron chi connectivity index (χ2n) is 4.83. The molecule has 6 nitrogen and oxygen atoms in total. The van der Waals surface area contributed by atoms with Crippen molar-refractivity contribution in [2.75, 3.05) is 30.0 Å². The molecule has 7 heteroatoms. The Hall–Kier alpha value is -2.21. The molecule has 0 bridgehead atoms. The molecule has 0 atom stereocenters. The highest BCUT2D eigenvalue weighted by Gasteiger charge is 2.17. The molecular formula is C14H18ClN5O. The van der Waals surface area contributed by atoms with E-state index in [9.17, 15) is 4.79 Å². The van der Waals surface area contributed by atoms with Gasteiger partial charge in [-0.1, -0.05) is 18.5 Å². The predicted octanol–water partition coefficient (Wildman–Crippen LogP) is 2.53. The number of aromatic nitrogens is 2. The number of nitrogens with one attached hydrogen (secondary N) is 2. The smallest absolute Gasteiger partial charge is 0.278 e. The summed E-state index contributed by atoms with van der Waals surface area (Å²) in [6.07, 6.45) is 0.690. The first kappa shape index (κ1) is 15.2. The minimum atomic E-state index is -0.364. The number of halogens is 1. The lowest BCUT2D eigenvalue weighted by Crippen LogP contribution is -2.15. The molecule has 0 saturated carbocycles. The molecule has 2 aromatic rings. The van der Waals surface area contributed by atoms with Crippen molar-refractivity contribution >= 4 is 34.6 Å². The zero-order valence-electron chi connectivity index (χ0n) is 12.2. The third-order valence-corrected chi connectivity index (χ3v) is 3.44. The van der Waals surface area contributed by atoms with Gasteiger partial charge in [0, 0.05) is 19.8 Å². The fraction of sp³-hybridized carbons (Fsp3) is 0.286. The van der Waals surface area contributed by atoms with Crippen molar-refractivity contribution in [3.05, 3.63) is 34.6 Å². The number of carbonyl (C=O) groups excluding carboxylic acids is 1. The molecule has 0 aliphatic rings. The maximum atomic E-state index is 12.2. The van der Waals surface area contributed by atoms with Crippen molar-refractivity contribution in [1.82, 2.24) is 10.2 Å². The van der Waals surface area contributed by atoms with Gasteiger partial charge in [0.15, 0.2) is 5.69 Å². The average Bonchev–Trinajstić information content (AvgIpc) is 2.79. The van der Waals surface area contributed by atoms with Crippen LogP contribution in [0.1, 0.15) is 23.1 Å². The quantitative estimate of drug-likeness (QED) is 0.810. The lowest BCUT2D eigenvalue weighted by atomic mass is 10.2. The number of amides is 1. The lowest BCUT2D eigenvalue weighted by molar-refractivity contribution is 0.102. The molecule has 1 heterocycles. The highest BCUT2D eigenvalue weighted by molar-refractivity contribution is 6.33. The number of aryl methyl sites for hydroxylation is 1. The first-order valence-corrected chi connectivity index (χ1v) is 6.92. The number of nitrogen functional groups attached to an aromatic ring is 1. The molecule has 0 saturated heterocycles. The molecule has 112 valence electrons. The van der Waals surface area contributed by atoms with Crippen LogP contribution in [-0.2, 0) is 6.42 Å². The number of nitrogens with zero attached hydrogens (tertiary/aromatic N) is 2. The van der Waals surface area contributed by atoms with Crippen LogP contribution in [0.4, 0.5) is 17.1 Å². The molecule has 0 radical (unpaired) electrons. The van der Waals surface area contributed by atoms with Crippen molar-refractivity contribution in [3.8, 4) is 0 Å². The molecule has 2 rings (SSSR count). The van der Waals surface area contributed by atoms with E-state index in [1.54, 1.807) is 12.1 Å². The van der Waals surface area contributed by atoms with Crippen LogP contribution in [-0.4, -0.2) is 30.2 Å². The van der Waals surface area contributed by atoms with E-state index in [0.717, 1.165) is 11.4 Å². The molecular weight excluding hydrogens is 290 g/mol. The second-order valence-corrected chi connectivity index (χ2v) is 5.24. The van der Waals surface area contributed by atoms with Crippen LogP contribution in [0.15, 0.2) is 18.2 Å². The standard InChI is InChI=1S/C14H18ClN5O/c1-4-10-12(16)13(19-18-10)14(21)17-8-5-6-11(20(2)3)9(15)7-8/h5-7H,4,16H2,1-3H3,(H,17,21)(H,18,19). The van der Waals surface area contributed by atoms with Crippen molar-refractivity contribution in [1.29, 1.82) is 0 Å². The van der Waals surface area contributed by atoms with Crippen molar-refractivity contribution < 1.29 is 4.79 Å². The summed E-state index contributed by atoms with van der Waals surface area (Å²) in [7, 11) is 3.80. The number of H-pyrrole nitrogens is 1. The Morgan fingerprint density at radius 2 is 2.19 bits per heavy atom. The third-order valence-electron chi connectivity index (χ3n) is 3.14. The Morgan fingerprint density at radius 1 is 1.48 bits per heavy atom. The molecule has 1 aromatic carbocycles. The predicted molar refractivity (Wildman–Crippen MR) is 86.1 cm³/mol. The van der Waals surface area contributed by atoms with E-state index < -0.39 is 0 Å². The van der Waals surface area contributed by atoms with Crippen LogP contribution >= 0.6 is 11.6 Å². The monoisotopic (exact) mass is 307 g/mol. The Bertz CT molecular complexity index is 665. The topological polar surface area (TPSA) is 87.0 Å². The molecule has 0 unspecified atom stereocenters. The Balaban J connectivity index is 2.19. The van der Waals surface area contributed by atoms with E-state index in [-0.39, 0.29) is 11.6 Å². The summed E-state index contributed by atoms with van der Waals surface area (Å²) < 4.78 is 0. The number of nitrogens with two attached hydrogens (primary N) is 1. The molecule has 21 heavy (non-hydrogen) atoms. The van der Waals surface area contributed by atoms with Gasteiger partial charge in [-0.2, -0.15) is 5.10 Å². The zero-order valence-corrected chi connectivity index (χ0v) is 13.0. The summed E-state index contributed by atoms with van der Waals surface area (Å²) in [6, 6.07) is 5.31. The maximum absolute atomic E-state index is 12.2. The van der Waals surface area contributed by atoms with Gasteiger partial charge in [0.2, 0.25) is 0 Å². The normalized spacial score (nSPS) is 10.5. The van der Waals surface area contributed by atoms with Crippen LogP contribution in [0.5, 0.6) is 0 Å². The van der Waals surface area contributed by atoms with Gasteiger partial charge in [0.05, 0.1) is 22.1 Å². The molecule has 0 aliphatic heterocycles. The zero-order chi connectivity index (χ0) is 15.6. The van der Waals surface area contributed by atoms with Gasteiger partial charge in [0.25, 0.3) is 5.91 Å². The molecule has 1 aromatic heterocycles. The van der Waals surface area contributed by atoms with Crippen LogP contribution in [0.3, 0.4) is 0 Å². The van der Waals surface area contributed by atoms with E-state index in [1.807, 2.05) is 32.0 Å². The van der Waals surface area contributed by atoms with Crippen LogP contribution in [0.25, 0.3) is 0 Å². The van der Waals surface area contributed by atoms with Crippen molar-refractivity contribution in [2.45, 2.75) is 13.3 Å². The summed E-state index contributed by atoms with van der Waals surface area (Å²) in [5.41, 5.74) is 8.67. The summed E-state index contributed by atoms with van der Waals surface area (Å²) in [5.74, 6) is -0.364. The fourth-order valence-electron chi connectivity index (χ4n) is 1.97. The SMILES string of the molecule is CCc1[nH]nc(C(=O)Nc2ccc(N(C)C)c(Cl)c2)c1N. The number of carbonyl (C=O) groups is 1. The molecule has 0 aliphatic carbocycles. The van der Waals surface area contributed by atoms with Gasteiger partial charge in [-0.3, -0.25) is 9.89 Å². The van der Waals surface area contributed by atoms with Crippen molar-refractivity contribution in [3.63, 3.8) is 0 Å². The molecule has 0 fully saturated rings. The van der Waals surface area contributed by atoms with Gasteiger partial charge in [-0.05, 0) is 24.6 Å². The summed E-state index contributed by atoms with van der Waals surface area (Å²) in [6.45, 7) is 1.94. The maximum Gasteiger partial charge on any atom is 0.278 e. The van der Waals surface area contributed by atoms with E-state index in [1.165, 1.54) is 0 Å². The Kier molecular flexibility index (Phi) is 4.37. The van der Waals surface area contributed by atoms with E-state index in [0.29, 0.717) is 22.8 Å².